The first-order valence-corrected chi connectivity index (χ1v) is 6.57. The average molecular weight is 278 g/mol. The van der Waals surface area contributed by atoms with E-state index in [1.807, 2.05) is 6.20 Å². The lowest BCUT2D eigenvalue weighted by atomic mass is 10.1. The van der Waals surface area contributed by atoms with Crippen LogP contribution in [0.3, 0.4) is 0 Å². The van der Waals surface area contributed by atoms with Crippen LogP contribution in [-0.4, -0.2) is 27.5 Å². The van der Waals surface area contributed by atoms with Crippen LogP contribution in [0.1, 0.15) is 17.4 Å². The zero-order valence-corrected chi connectivity index (χ0v) is 11.0. The number of halogens is 2. The van der Waals surface area contributed by atoms with Crippen molar-refractivity contribution in [1.82, 2.24) is 14.5 Å². The zero-order valence-electron chi connectivity index (χ0n) is 11.0. The first kappa shape index (κ1) is 13.2. The highest BCUT2D eigenvalue weighted by Gasteiger charge is 2.21. The van der Waals surface area contributed by atoms with Crippen molar-refractivity contribution in [3.63, 3.8) is 0 Å². The number of nitrogens with two attached hydrogens (primary N) is 1. The summed E-state index contributed by atoms with van der Waals surface area (Å²) in [6.07, 6.45) is 3.71. The molecule has 0 amide bonds. The SMILES string of the molecule is NC(CN1CCn2ccnc2C1)c1cccc(F)c1F. The van der Waals surface area contributed by atoms with Gasteiger partial charge in [-0.2, -0.15) is 0 Å². The molecule has 3 rings (SSSR count). The molecule has 6 heteroatoms. The van der Waals surface area contributed by atoms with Crippen molar-refractivity contribution in [1.29, 1.82) is 0 Å². The van der Waals surface area contributed by atoms with E-state index in [2.05, 4.69) is 14.5 Å². The van der Waals surface area contributed by atoms with Crippen LogP contribution in [0, 0.1) is 11.6 Å². The van der Waals surface area contributed by atoms with Gasteiger partial charge in [-0.25, -0.2) is 13.8 Å². The van der Waals surface area contributed by atoms with Crippen molar-refractivity contribution in [2.45, 2.75) is 19.1 Å². The largest absolute Gasteiger partial charge is 0.333 e. The summed E-state index contributed by atoms with van der Waals surface area (Å²) in [5.74, 6) is -0.728. The molecule has 106 valence electrons. The van der Waals surface area contributed by atoms with E-state index >= 15 is 0 Å². The van der Waals surface area contributed by atoms with Gasteiger partial charge in [0.2, 0.25) is 0 Å². The molecule has 20 heavy (non-hydrogen) atoms. The standard InChI is InChI=1S/C14H16F2N4/c15-11-3-1-2-10(14(11)16)12(17)8-19-6-7-20-5-4-18-13(20)9-19/h1-5,12H,6-9,17H2. The van der Waals surface area contributed by atoms with Crippen LogP contribution >= 0.6 is 0 Å². The minimum absolute atomic E-state index is 0.221. The summed E-state index contributed by atoms with van der Waals surface area (Å²) < 4.78 is 29.0. The Kier molecular flexibility index (Phi) is 3.50. The Labute approximate surface area is 115 Å². The van der Waals surface area contributed by atoms with Crippen molar-refractivity contribution >= 4 is 0 Å². The third kappa shape index (κ3) is 2.44. The number of hydrogen-bond acceptors (Lipinski definition) is 3. The highest BCUT2D eigenvalue weighted by molar-refractivity contribution is 5.22. The van der Waals surface area contributed by atoms with E-state index < -0.39 is 17.7 Å². The van der Waals surface area contributed by atoms with Crippen LogP contribution in [0.4, 0.5) is 8.78 Å². The molecule has 4 nitrogen and oxygen atoms in total. The van der Waals surface area contributed by atoms with Crippen LogP contribution < -0.4 is 5.73 Å². The highest BCUT2D eigenvalue weighted by Crippen LogP contribution is 2.20. The topological polar surface area (TPSA) is 47.1 Å². The predicted octanol–water partition coefficient (Wildman–Crippen LogP) is 1.68. The normalized spacial score (nSPS) is 16.9. The molecular weight excluding hydrogens is 262 g/mol. The van der Waals surface area contributed by atoms with Gasteiger partial charge in [-0.3, -0.25) is 4.90 Å². The van der Waals surface area contributed by atoms with Crippen LogP contribution in [0.5, 0.6) is 0 Å². The van der Waals surface area contributed by atoms with Crippen molar-refractivity contribution in [2.75, 3.05) is 13.1 Å². The monoisotopic (exact) mass is 278 g/mol. The van der Waals surface area contributed by atoms with E-state index in [1.54, 1.807) is 6.20 Å². The van der Waals surface area contributed by atoms with Gasteiger partial charge in [0.05, 0.1) is 6.54 Å². The van der Waals surface area contributed by atoms with E-state index in [4.69, 9.17) is 5.73 Å². The van der Waals surface area contributed by atoms with Gasteiger partial charge >= 0.3 is 0 Å². The molecule has 0 saturated carbocycles. The maximum atomic E-state index is 13.7. The van der Waals surface area contributed by atoms with E-state index in [0.29, 0.717) is 13.1 Å². The van der Waals surface area contributed by atoms with Gasteiger partial charge in [0, 0.05) is 43.6 Å². The third-order valence-corrected chi connectivity index (χ3v) is 3.66. The number of imidazole rings is 1. The number of rotatable bonds is 3. The number of benzene rings is 1. The second kappa shape index (κ2) is 5.30. The predicted molar refractivity (Wildman–Crippen MR) is 70.8 cm³/mol. The van der Waals surface area contributed by atoms with Crippen LogP contribution in [-0.2, 0) is 13.1 Å². The van der Waals surface area contributed by atoms with Gasteiger partial charge in [-0.1, -0.05) is 12.1 Å². The molecule has 0 fully saturated rings. The minimum atomic E-state index is -0.855. The number of fused-ring (bicyclic) bond motifs is 1. The van der Waals surface area contributed by atoms with Crippen LogP contribution in [0.25, 0.3) is 0 Å². The van der Waals surface area contributed by atoms with Crippen molar-refractivity contribution in [3.05, 3.63) is 53.6 Å². The van der Waals surface area contributed by atoms with Crippen LogP contribution in [0.15, 0.2) is 30.6 Å². The van der Waals surface area contributed by atoms with Gasteiger partial charge < -0.3 is 10.3 Å². The Morgan fingerprint density at radius 3 is 3.00 bits per heavy atom. The Morgan fingerprint density at radius 2 is 2.15 bits per heavy atom. The van der Waals surface area contributed by atoms with E-state index in [1.165, 1.54) is 12.1 Å². The summed E-state index contributed by atoms with van der Waals surface area (Å²) >= 11 is 0. The quantitative estimate of drug-likeness (QED) is 0.929. The molecule has 1 aliphatic heterocycles. The number of nitrogens with zero attached hydrogens (tertiary/aromatic N) is 3. The van der Waals surface area contributed by atoms with E-state index in [0.717, 1.165) is 25.0 Å². The Morgan fingerprint density at radius 1 is 1.30 bits per heavy atom. The van der Waals surface area contributed by atoms with E-state index in [-0.39, 0.29) is 5.56 Å². The zero-order chi connectivity index (χ0) is 14.1. The summed E-state index contributed by atoms with van der Waals surface area (Å²) in [7, 11) is 0. The van der Waals surface area contributed by atoms with E-state index in [9.17, 15) is 8.78 Å². The summed E-state index contributed by atoms with van der Waals surface area (Å²) in [6.45, 7) is 2.83. The minimum Gasteiger partial charge on any atom is -0.333 e. The second-order valence-corrected chi connectivity index (χ2v) is 5.02. The van der Waals surface area contributed by atoms with Crippen LogP contribution in [0.2, 0.25) is 0 Å². The molecule has 0 aliphatic carbocycles. The molecule has 1 aromatic heterocycles. The average Bonchev–Trinajstić information content (AvgIpc) is 2.89. The van der Waals surface area contributed by atoms with Gasteiger partial charge in [-0.05, 0) is 6.07 Å². The molecule has 1 atom stereocenters. The molecule has 1 aliphatic rings. The van der Waals surface area contributed by atoms with Gasteiger partial charge in [0.25, 0.3) is 0 Å². The molecule has 2 heterocycles. The molecule has 0 spiro atoms. The van der Waals surface area contributed by atoms with Gasteiger partial charge in [0.15, 0.2) is 11.6 Å². The molecule has 0 bridgehead atoms. The lowest BCUT2D eigenvalue weighted by Gasteiger charge is -2.29. The summed E-state index contributed by atoms with van der Waals surface area (Å²) in [5.41, 5.74) is 6.24. The maximum absolute atomic E-state index is 13.7. The molecule has 2 N–H and O–H groups in total. The Balaban J connectivity index is 1.71. The summed E-state index contributed by atoms with van der Waals surface area (Å²) in [6, 6.07) is 3.57. The highest BCUT2D eigenvalue weighted by atomic mass is 19.2. The molecule has 0 saturated heterocycles. The van der Waals surface area contributed by atoms with Crippen molar-refractivity contribution in [2.24, 2.45) is 5.73 Å². The maximum Gasteiger partial charge on any atom is 0.163 e. The van der Waals surface area contributed by atoms with Crippen molar-refractivity contribution in [3.8, 4) is 0 Å². The molecule has 1 unspecified atom stereocenters. The Bertz CT molecular complexity index is 611. The summed E-state index contributed by atoms with van der Waals surface area (Å²) in [4.78, 5) is 6.37. The Hall–Kier alpha value is -1.79. The number of aromatic nitrogens is 2. The molecule has 1 aromatic carbocycles. The smallest absolute Gasteiger partial charge is 0.163 e. The fourth-order valence-electron chi connectivity index (χ4n) is 2.56. The second-order valence-electron chi connectivity index (χ2n) is 5.02. The van der Waals surface area contributed by atoms with Crippen molar-refractivity contribution < 1.29 is 8.78 Å². The molecule has 2 aromatic rings. The number of hydrogen-bond donors (Lipinski definition) is 1. The third-order valence-electron chi connectivity index (χ3n) is 3.66. The van der Waals surface area contributed by atoms with Gasteiger partial charge in [0.1, 0.15) is 5.82 Å². The summed E-state index contributed by atoms with van der Waals surface area (Å²) in [5, 5.41) is 0. The van der Waals surface area contributed by atoms with Gasteiger partial charge in [-0.15, -0.1) is 0 Å². The molecule has 0 radical (unpaired) electrons. The lowest BCUT2D eigenvalue weighted by Crippen LogP contribution is -2.38. The first-order chi connectivity index (χ1) is 9.65. The first-order valence-electron chi connectivity index (χ1n) is 6.57. The fourth-order valence-corrected chi connectivity index (χ4v) is 2.56. The lowest BCUT2D eigenvalue weighted by molar-refractivity contribution is 0.204. The fraction of sp³-hybridized carbons (Fsp3) is 0.357. The molecular formula is C14H16F2N4.